The fourth-order valence-corrected chi connectivity index (χ4v) is 1.51. The van der Waals surface area contributed by atoms with Crippen molar-refractivity contribution in [2.24, 2.45) is 0 Å². The van der Waals surface area contributed by atoms with Gasteiger partial charge in [0.05, 0.1) is 6.61 Å². The smallest absolute Gasteiger partial charge is 0.221 e. The lowest BCUT2D eigenvalue weighted by atomic mass is 10.2. The van der Waals surface area contributed by atoms with Gasteiger partial charge in [0, 0.05) is 32.3 Å². The Morgan fingerprint density at radius 1 is 1.35 bits per heavy atom. The number of carbonyl (C=O) groups is 1. The molecule has 94 valence electrons. The van der Waals surface area contributed by atoms with Gasteiger partial charge in [-0.2, -0.15) is 0 Å². The molecule has 1 aromatic carbocycles. The molecule has 0 aliphatic rings. The maximum atomic E-state index is 10.8. The molecule has 0 saturated carbocycles. The van der Waals surface area contributed by atoms with E-state index >= 15 is 0 Å². The van der Waals surface area contributed by atoms with E-state index < -0.39 is 0 Å². The minimum atomic E-state index is -0.0513. The number of hydrogen-bond donors (Lipinski definition) is 2. The first-order chi connectivity index (χ1) is 8.11. The summed E-state index contributed by atoms with van der Waals surface area (Å²) in [5.74, 6) is -0.0513. The topological polar surface area (TPSA) is 50.4 Å². The SMILES string of the molecule is COC[C@H](C)NCc1ccc(NC(C)=O)cc1. The fourth-order valence-electron chi connectivity index (χ4n) is 1.51. The highest BCUT2D eigenvalue weighted by atomic mass is 16.5. The number of methoxy groups -OCH3 is 1. The maximum Gasteiger partial charge on any atom is 0.221 e. The van der Waals surface area contributed by atoms with E-state index in [4.69, 9.17) is 4.74 Å². The van der Waals surface area contributed by atoms with Gasteiger partial charge in [-0.1, -0.05) is 12.1 Å². The van der Waals surface area contributed by atoms with Crippen LogP contribution in [0.15, 0.2) is 24.3 Å². The summed E-state index contributed by atoms with van der Waals surface area (Å²) in [6.45, 7) is 5.08. The Morgan fingerprint density at radius 3 is 2.53 bits per heavy atom. The minimum Gasteiger partial charge on any atom is -0.383 e. The Morgan fingerprint density at radius 2 is 2.00 bits per heavy atom. The molecule has 0 radical (unpaired) electrons. The highest BCUT2D eigenvalue weighted by Gasteiger charge is 2.01. The number of carbonyl (C=O) groups excluding carboxylic acids is 1. The van der Waals surface area contributed by atoms with Gasteiger partial charge in [-0.3, -0.25) is 4.79 Å². The number of amides is 1. The Labute approximate surface area is 102 Å². The number of hydrogen-bond acceptors (Lipinski definition) is 3. The van der Waals surface area contributed by atoms with Crippen molar-refractivity contribution in [2.75, 3.05) is 19.0 Å². The molecule has 0 unspecified atom stereocenters. The second-order valence-corrected chi connectivity index (χ2v) is 4.12. The molecule has 0 aliphatic heterocycles. The highest BCUT2D eigenvalue weighted by Crippen LogP contribution is 2.09. The molecule has 0 aromatic heterocycles. The van der Waals surface area contributed by atoms with Gasteiger partial charge in [-0.15, -0.1) is 0 Å². The van der Waals surface area contributed by atoms with Crippen LogP contribution in [0.25, 0.3) is 0 Å². The molecule has 4 nitrogen and oxygen atoms in total. The highest BCUT2D eigenvalue weighted by molar-refractivity contribution is 5.88. The van der Waals surface area contributed by atoms with E-state index in [0.29, 0.717) is 12.6 Å². The van der Waals surface area contributed by atoms with Gasteiger partial charge in [0.15, 0.2) is 0 Å². The van der Waals surface area contributed by atoms with Crippen molar-refractivity contribution in [1.82, 2.24) is 5.32 Å². The van der Waals surface area contributed by atoms with Gasteiger partial charge in [0.2, 0.25) is 5.91 Å². The summed E-state index contributed by atoms with van der Waals surface area (Å²) in [4.78, 5) is 10.8. The Kier molecular flexibility index (Phi) is 5.66. The van der Waals surface area contributed by atoms with Crippen LogP contribution in [0, 0.1) is 0 Å². The summed E-state index contributed by atoms with van der Waals surface area (Å²) in [7, 11) is 1.69. The predicted molar refractivity (Wildman–Crippen MR) is 68.9 cm³/mol. The predicted octanol–water partition coefficient (Wildman–Crippen LogP) is 1.77. The summed E-state index contributed by atoms with van der Waals surface area (Å²) in [5.41, 5.74) is 2.01. The van der Waals surface area contributed by atoms with Gasteiger partial charge in [0.1, 0.15) is 0 Å². The lowest BCUT2D eigenvalue weighted by Crippen LogP contribution is -2.29. The average Bonchev–Trinajstić information content (AvgIpc) is 2.28. The summed E-state index contributed by atoms with van der Waals surface area (Å²) >= 11 is 0. The maximum absolute atomic E-state index is 10.8. The van der Waals surface area contributed by atoms with Crippen LogP contribution in [0.5, 0.6) is 0 Å². The molecule has 1 aromatic rings. The van der Waals surface area contributed by atoms with Crippen molar-refractivity contribution in [1.29, 1.82) is 0 Å². The number of rotatable bonds is 6. The molecule has 1 amide bonds. The molecule has 0 saturated heterocycles. The largest absolute Gasteiger partial charge is 0.383 e. The summed E-state index contributed by atoms with van der Waals surface area (Å²) in [5, 5.41) is 6.09. The second kappa shape index (κ2) is 7.04. The zero-order chi connectivity index (χ0) is 12.7. The van der Waals surface area contributed by atoms with Crippen molar-refractivity contribution in [3.05, 3.63) is 29.8 Å². The molecule has 0 heterocycles. The first kappa shape index (κ1) is 13.7. The zero-order valence-electron chi connectivity index (χ0n) is 10.6. The molecule has 1 atom stereocenters. The van der Waals surface area contributed by atoms with Crippen LogP contribution in [0.1, 0.15) is 19.4 Å². The Hall–Kier alpha value is -1.39. The van der Waals surface area contributed by atoms with Crippen molar-refractivity contribution >= 4 is 11.6 Å². The first-order valence-electron chi connectivity index (χ1n) is 5.70. The summed E-state index contributed by atoms with van der Waals surface area (Å²) < 4.78 is 5.04. The van der Waals surface area contributed by atoms with E-state index in [1.807, 2.05) is 24.3 Å². The van der Waals surface area contributed by atoms with Gasteiger partial charge in [0.25, 0.3) is 0 Å². The van der Waals surface area contributed by atoms with E-state index in [1.165, 1.54) is 12.5 Å². The average molecular weight is 236 g/mol. The van der Waals surface area contributed by atoms with Crippen LogP contribution in [0.3, 0.4) is 0 Å². The lowest BCUT2D eigenvalue weighted by Gasteiger charge is -2.12. The molecular weight excluding hydrogens is 216 g/mol. The molecular formula is C13H20N2O2. The van der Waals surface area contributed by atoms with Crippen LogP contribution in [0.4, 0.5) is 5.69 Å². The van der Waals surface area contributed by atoms with Crippen LogP contribution in [-0.4, -0.2) is 25.7 Å². The number of nitrogens with one attached hydrogen (secondary N) is 2. The van der Waals surface area contributed by atoms with Crippen molar-refractivity contribution in [2.45, 2.75) is 26.4 Å². The third-order valence-electron chi connectivity index (χ3n) is 2.35. The second-order valence-electron chi connectivity index (χ2n) is 4.12. The number of anilines is 1. The molecule has 0 spiro atoms. The first-order valence-corrected chi connectivity index (χ1v) is 5.70. The van der Waals surface area contributed by atoms with E-state index in [0.717, 1.165) is 12.2 Å². The van der Waals surface area contributed by atoms with Crippen LogP contribution in [0.2, 0.25) is 0 Å². The van der Waals surface area contributed by atoms with Crippen molar-refractivity contribution in [3.8, 4) is 0 Å². The van der Waals surface area contributed by atoms with Crippen molar-refractivity contribution in [3.63, 3.8) is 0 Å². The van der Waals surface area contributed by atoms with E-state index in [-0.39, 0.29) is 5.91 Å². The molecule has 4 heteroatoms. The Bertz CT molecular complexity index is 349. The van der Waals surface area contributed by atoms with Crippen LogP contribution in [-0.2, 0) is 16.1 Å². The van der Waals surface area contributed by atoms with E-state index in [2.05, 4.69) is 17.6 Å². The van der Waals surface area contributed by atoms with E-state index in [1.54, 1.807) is 7.11 Å². The van der Waals surface area contributed by atoms with Gasteiger partial charge in [-0.25, -0.2) is 0 Å². The van der Waals surface area contributed by atoms with Gasteiger partial charge >= 0.3 is 0 Å². The molecule has 0 bridgehead atoms. The minimum absolute atomic E-state index is 0.0513. The Balaban J connectivity index is 2.42. The monoisotopic (exact) mass is 236 g/mol. The summed E-state index contributed by atoms with van der Waals surface area (Å²) in [6.07, 6.45) is 0. The van der Waals surface area contributed by atoms with Crippen LogP contribution < -0.4 is 10.6 Å². The van der Waals surface area contributed by atoms with Crippen molar-refractivity contribution < 1.29 is 9.53 Å². The standard InChI is InChI=1S/C13H20N2O2/c1-10(9-17-3)14-8-12-4-6-13(7-5-12)15-11(2)16/h4-7,10,14H,8-9H2,1-3H3,(H,15,16)/t10-/m0/s1. The van der Waals surface area contributed by atoms with Gasteiger partial charge in [-0.05, 0) is 24.6 Å². The molecule has 0 aliphatic carbocycles. The lowest BCUT2D eigenvalue weighted by molar-refractivity contribution is -0.114. The number of ether oxygens (including phenoxy) is 1. The van der Waals surface area contributed by atoms with Gasteiger partial charge < -0.3 is 15.4 Å². The fraction of sp³-hybridized carbons (Fsp3) is 0.462. The van der Waals surface area contributed by atoms with Crippen LogP contribution >= 0.6 is 0 Å². The molecule has 0 fully saturated rings. The quantitative estimate of drug-likeness (QED) is 0.791. The molecule has 17 heavy (non-hydrogen) atoms. The molecule has 1 rings (SSSR count). The third kappa shape index (κ3) is 5.47. The zero-order valence-corrected chi connectivity index (χ0v) is 10.6. The molecule has 2 N–H and O–H groups in total. The normalized spacial score (nSPS) is 12.2. The third-order valence-corrected chi connectivity index (χ3v) is 2.35. The number of benzene rings is 1. The summed E-state index contributed by atoms with van der Waals surface area (Å²) in [6, 6.07) is 8.13. The van der Waals surface area contributed by atoms with E-state index in [9.17, 15) is 4.79 Å².